The van der Waals surface area contributed by atoms with Crippen LogP contribution < -0.4 is 65.6 Å². The predicted molar refractivity (Wildman–Crippen MR) is 183 cm³/mol. The first-order valence-electron chi connectivity index (χ1n) is 15.2. The molecule has 5 rings (SSSR count). The second kappa shape index (κ2) is 16.2. The average Bonchev–Trinajstić information content (AvgIpc) is 3.50. The summed E-state index contributed by atoms with van der Waals surface area (Å²) in [6.07, 6.45) is 5.77. The summed E-state index contributed by atoms with van der Waals surface area (Å²) in [6, 6.07) is 20.2. The maximum atomic E-state index is 11.5. The molecule has 0 unspecified atom stereocenters. The molecule has 0 amide bonds. The fourth-order valence-electron chi connectivity index (χ4n) is 5.46. The third kappa shape index (κ3) is 10.1. The van der Waals surface area contributed by atoms with Crippen molar-refractivity contribution in [2.75, 3.05) is 23.0 Å². The number of allylic oxidation sites excluding steroid dienone is 2. The van der Waals surface area contributed by atoms with E-state index < -0.39 is 20.2 Å². The Hall–Kier alpha value is -1.91. The van der Waals surface area contributed by atoms with Crippen molar-refractivity contribution in [2.45, 2.75) is 53.0 Å². The van der Waals surface area contributed by atoms with Crippen molar-refractivity contribution in [1.82, 2.24) is 0 Å². The Labute approximate surface area is 323 Å². The summed E-state index contributed by atoms with van der Waals surface area (Å²) in [6.45, 7) is 7.06. The van der Waals surface area contributed by atoms with Crippen LogP contribution in [0.25, 0.3) is 27.4 Å². The second-order valence-corrected chi connectivity index (χ2v) is 15.6. The summed E-state index contributed by atoms with van der Waals surface area (Å²) < 4.78 is 75.6. The molecule has 1 aliphatic rings. The SMILES string of the molecule is CCC(=C/c1sc2cc(C)c(C)cc2[n+]1CCCCS(=O)(=O)[O-])/C=C1\Oc2ccc(-c3ccccc3)cc2N1CCCS(=O)(=O)O.[K+]. The van der Waals surface area contributed by atoms with Gasteiger partial charge in [0, 0.05) is 36.9 Å². The number of unbranched alkanes of at least 4 members (excludes halogenated alkanes) is 1. The number of thiazole rings is 1. The van der Waals surface area contributed by atoms with Crippen molar-refractivity contribution in [3.8, 4) is 16.9 Å². The molecule has 4 aromatic rings. The number of aromatic nitrogens is 1. The molecule has 3 aromatic carbocycles. The molecular formula is C34H38KN2O7S3+. The van der Waals surface area contributed by atoms with Crippen LogP contribution in [0.2, 0.25) is 0 Å². The van der Waals surface area contributed by atoms with Crippen LogP contribution in [0.5, 0.6) is 5.75 Å². The maximum Gasteiger partial charge on any atom is 1.00 e. The van der Waals surface area contributed by atoms with Gasteiger partial charge in [0.1, 0.15) is 4.70 Å². The van der Waals surface area contributed by atoms with Crippen molar-refractivity contribution >= 4 is 53.6 Å². The largest absolute Gasteiger partial charge is 1.00 e. The minimum Gasteiger partial charge on any atom is -0.748 e. The van der Waals surface area contributed by atoms with Gasteiger partial charge in [0.05, 0.1) is 21.6 Å². The Morgan fingerprint density at radius 3 is 2.36 bits per heavy atom. The summed E-state index contributed by atoms with van der Waals surface area (Å²) in [5.41, 5.74) is 7.22. The Kier molecular flexibility index (Phi) is 13.1. The molecule has 0 spiro atoms. The third-order valence-electron chi connectivity index (χ3n) is 8.02. The molecule has 1 N–H and O–H groups in total. The minimum atomic E-state index is -4.27. The molecule has 0 bridgehead atoms. The smallest absolute Gasteiger partial charge is 0.748 e. The van der Waals surface area contributed by atoms with Crippen molar-refractivity contribution < 1.29 is 86.6 Å². The van der Waals surface area contributed by atoms with E-state index in [2.05, 4.69) is 36.6 Å². The van der Waals surface area contributed by atoms with Crippen LogP contribution in [0.3, 0.4) is 0 Å². The molecule has 0 atom stereocenters. The topological polar surface area (TPSA) is 128 Å². The summed E-state index contributed by atoms with van der Waals surface area (Å²) in [5, 5.41) is 0.985. The van der Waals surface area contributed by atoms with Gasteiger partial charge >= 0.3 is 51.4 Å². The quantitative estimate of drug-likeness (QED) is 0.0961. The molecule has 2 heterocycles. The van der Waals surface area contributed by atoms with E-state index in [0.717, 1.165) is 43.2 Å². The minimum absolute atomic E-state index is 0. The number of anilines is 1. The van der Waals surface area contributed by atoms with Gasteiger partial charge in [-0.15, -0.1) is 0 Å². The number of aryl methyl sites for hydroxylation is 3. The van der Waals surface area contributed by atoms with Crippen LogP contribution in [0.4, 0.5) is 5.69 Å². The molecule has 1 aromatic heterocycles. The number of rotatable bonds is 13. The zero-order valence-corrected chi connectivity index (χ0v) is 32.7. The van der Waals surface area contributed by atoms with Crippen molar-refractivity contribution in [2.24, 2.45) is 0 Å². The monoisotopic (exact) mass is 721 g/mol. The van der Waals surface area contributed by atoms with Crippen LogP contribution in [0.1, 0.15) is 48.7 Å². The molecule has 0 aliphatic carbocycles. The van der Waals surface area contributed by atoms with Gasteiger partial charge in [-0.05, 0) is 79.1 Å². The van der Waals surface area contributed by atoms with E-state index in [4.69, 9.17) is 4.74 Å². The van der Waals surface area contributed by atoms with Crippen molar-refractivity contribution in [3.63, 3.8) is 0 Å². The normalized spacial score (nSPS) is 14.4. The first kappa shape index (κ1) is 37.9. The summed E-state index contributed by atoms with van der Waals surface area (Å²) in [5.74, 6) is 0.464. The van der Waals surface area contributed by atoms with Gasteiger partial charge < -0.3 is 14.2 Å². The molecule has 47 heavy (non-hydrogen) atoms. The molecule has 0 fully saturated rings. The molecular weight excluding hydrogens is 684 g/mol. The van der Waals surface area contributed by atoms with Crippen LogP contribution in [-0.4, -0.2) is 44.0 Å². The number of hydrogen-bond acceptors (Lipinski definition) is 8. The van der Waals surface area contributed by atoms with E-state index in [0.29, 0.717) is 37.6 Å². The van der Waals surface area contributed by atoms with Crippen LogP contribution >= 0.6 is 11.3 Å². The van der Waals surface area contributed by atoms with E-state index in [9.17, 15) is 25.9 Å². The molecule has 244 valence electrons. The van der Waals surface area contributed by atoms with E-state index in [-0.39, 0.29) is 75.7 Å². The van der Waals surface area contributed by atoms with E-state index in [1.54, 1.807) is 11.3 Å². The average molecular weight is 722 g/mol. The predicted octanol–water partition coefficient (Wildman–Crippen LogP) is 3.61. The molecule has 0 radical (unpaired) electrons. The van der Waals surface area contributed by atoms with Crippen LogP contribution in [0, 0.1) is 13.8 Å². The van der Waals surface area contributed by atoms with Gasteiger partial charge in [-0.3, -0.25) is 4.55 Å². The number of hydrogen-bond donors (Lipinski definition) is 1. The zero-order chi connectivity index (χ0) is 33.1. The Morgan fingerprint density at radius 2 is 1.68 bits per heavy atom. The Bertz CT molecular complexity index is 2020. The van der Waals surface area contributed by atoms with E-state index >= 15 is 0 Å². The van der Waals surface area contributed by atoms with Gasteiger partial charge in [0.25, 0.3) is 15.1 Å². The fraction of sp³-hybridized carbons (Fsp3) is 0.324. The standard InChI is InChI=1S/C34H38N2O7S3.K/c1-4-26(22-34-36(15-8-9-17-45(37,38)39)30-19-24(2)25(3)20-32(30)44-34)21-33-35(16-10-18-46(40,41)42)29-23-28(13-14-31(29)43-33)27-11-6-5-7-12-27;/h5-7,11-14,19-23H,4,8-10,15-18H2,1-3H3,(H-,37,38,39,40,41,42);/q;+1. The van der Waals surface area contributed by atoms with Crippen molar-refractivity contribution in [1.29, 1.82) is 0 Å². The van der Waals surface area contributed by atoms with Gasteiger partial charge in [-0.25, -0.2) is 8.42 Å². The first-order valence-corrected chi connectivity index (χ1v) is 19.2. The van der Waals surface area contributed by atoms with Gasteiger partial charge in [0.2, 0.25) is 11.4 Å². The Balaban J connectivity index is 0.00000500. The summed E-state index contributed by atoms with van der Waals surface area (Å²) in [4.78, 5) is 1.95. The second-order valence-electron chi connectivity index (χ2n) is 11.5. The fourth-order valence-corrected chi connectivity index (χ4v) is 7.75. The molecule has 13 heteroatoms. The van der Waals surface area contributed by atoms with Gasteiger partial charge in [0.15, 0.2) is 12.3 Å². The molecule has 9 nitrogen and oxygen atoms in total. The van der Waals surface area contributed by atoms with E-state index in [1.165, 1.54) is 5.56 Å². The van der Waals surface area contributed by atoms with Gasteiger partial charge in [-0.2, -0.15) is 13.0 Å². The first-order chi connectivity index (χ1) is 21.8. The zero-order valence-electron chi connectivity index (χ0n) is 27.1. The number of benzene rings is 3. The van der Waals surface area contributed by atoms with Crippen LogP contribution in [0.15, 0.2) is 78.2 Å². The number of ether oxygens (including phenoxy) is 1. The van der Waals surface area contributed by atoms with Crippen LogP contribution in [-0.2, 0) is 26.8 Å². The molecule has 0 saturated carbocycles. The number of nitrogens with zero attached hydrogens (tertiary/aromatic N) is 2. The maximum absolute atomic E-state index is 11.5. The van der Waals surface area contributed by atoms with E-state index in [1.807, 2.05) is 66.4 Å². The van der Waals surface area contributed by atoms with Crippen molar-refractivity contribution in [3.05, 3.63) is 94.3 Å². The molecule has 0 saturated heterocycles. The summed E-state index contributed by atoms with van der Waals surface area (Å²) >= 11 is 1.64. The molecule has 1 aliphatic heterocycles. The number of fused-ring (bicyclic) bond motifs is 2. The summed E-state index contributed by atoms with van der Waals surface area (Å²) in [7, 11) is -8.39. The van der Waals surface area contributed by atoms with Gasteiger partial charge in [-0.1, -0.05) is 54.7 Å². The third-order valence-corrected chi connectivity index (χ3v) is 10.7. The Morgan fingerprint density at radius 1 is 0.957 bits per heavy atom.